The molecule has 0 spiro atoms. The van der Waals surface area contributed by atoms with E-state index in [1.54, 1.807) is 7.11 Å². The van der Waals surface area contributed by atoms with E-state index in [9.17, 15) is 0 Å². The Hall–Kier alpha value is -0.0800. The van der Waals surface area contributed by atoms with E-state index in [2.05, 4.69) is 20.8 Å². The van der Waals surface area contributed by atoms with Crippen LogP contribution >= 0.6 is 0 Å². The van der Waals surface area contributed by atoms with Crippen molar-refractivity contribution in [1.82, 2.24) is 5.06 Å². The average molecular weight is 145 g/mol. The predicted molar refractivity (Wildman–Crippen MR) is 43.7 cm³/mol. The van der Waals surface area contributed by atoms with Crippen LogP contribution in [0.5, 0.6) is 0 Å². The fourth-order valence-corrected chi connectivity index (χ4v) is 1.01. The van der Waals surface area contributed by atoms with Gasteiger partial charge in [0.05, 0.1) is 7.11 Å². The second-order valence-corrected chi connectivity index (χ2v) is 3.21. The van der Waals surface area contributed by atoms with Gasteiger partial charge in [0.2, 0.25) is 0 Å². The third-order valence-electron chi connectivity index (χ3n) is 1.72. The van der Waals surface area contributed by atoms with Crippen molar-refractivity contribution in [1.29, 1.82) is 0 Å². The lowest BCUT2D eigenvalue weighted by atomic mass is 10.1. The Morgan fingerprint density at radius 3 is 2.10 bits per heavy atom. The van der Waals surface area contributed by atoms with Gasteiger partial charge >= 0.3 is 0 Å². The molecule has 0 radical (unpaired) electrons. The van der Waals surface area contributed by atoms with Crippen LogP contribution in [0.25, 0.3) is 0 Å². The molecule has 0 aliphatic heterocycles. The molecule has 0 heterocycles. The fraction of sp³-hybridized carbons (Fsp3) is 1.00. The van der Waals surface area contributed by atoms with Crippen molar-refractivity contribution in [2.75, 3.05) is 14.2 Å². The van der Waals surface area contributed by atoms with Gasteiger partial charge in [0, 0.05) is 13.1 Å². The average Bonchev–Trinajstić information content (AvgIpc) is 1.85. The molecule has 0 aliphatic rings. The SMILES string of the molecule is CON(C)C(C)CC(C)C. The summed E-state index contributed by atoms with van der Waals surface area (Å²) in [5, 5.41) is 1.89. The molecule has 2 heteroatoms. The lowest BCUT2D eigenvalue weighted by Crippen LogP contribution is -2.28. The Labute approximate surface area is 64.1 Å². The highest BCUT2D eigenvalue weighted by molar-refractivity contribution is 4.58. The van der Waals surface area contributed by atoms with E-state index in [1.165, 1.54) is 6.42 Å². The summed E-state index contributed by atoms with van der Waals surface area (Å²) in [6.07, 6.45) is 1.18. The first-order valence-corrected chi connectivity index (χ1v) is 3.84. The van der Waals surface area contributed by atoms with Crippen molar-refractivity contribution >= 4 is 0 Å². The van der Waals surface area contributed by atoms with Crippen molar-refractivity contribution in [3.63, 3.8) is 0 Å². The second-order valence-electron chi connectivity index (χ2n) is 3.21. The maximum absolute atomic E-state index is 5.05. The van der Waals surface area contributed by atoms with Crippen LogP contribution in [0.2, 0.25) is 0 Å². The summed E-state index contributed by atoms with van der Waals surface area (Å²) in [4.78, 5) is 5.05. The van der Waals surface area contributed by atoms with Crippen molar-refractivity contribution in [3.05, 3.63) is 0 Å². The molecule has 0 aromatic heterocycles. The van der Waals surface area contributed by atoms with Crippen LogP contribution in [0.1, 0.15) is 27.2 Å². The zero-order valence-corrected chi connectivity index (χ0v) is 7.72. The van der Waals surface area contributed by atoms with Gasteiger partial charge in [-0.05, 0) is 19.3 Å². The molecule has 0 saturated carbocycles. The molecule has 0 fully saturated rings. The summed E-state index contributed by atoms with van der Waals surface area (Å²) in [6.45, 7) is 6.61. The Balaban J connectivity index is 3.50. The van der Waals surface area contributed by atoms with Crippen molar-refractivity contribution in [3.8, 4) is 0 Å². The standard InChI is InChI=1S/C8H19NO/c1-7(2)6-8(3)9(4)10-5/h7-8H,6H2,1-5H3. The van der Waals surface area contributed by atoms with Crippen molar-refractivity contribution in [2.45, 2.75) is 33.2 Å². The van der Waals surface area contributed by atoms with Crippen LogP contribution < -0.4 is 0 Å². The Bertz CT molecular complexity index is 83.3. The van der Waals surface area contributed by atoms with Gasteiger partial charge in [-0.1, -0.05) is 13.8 Å². The lowest BCUT2D eigenvalue weighted by molar-refractivity contribution is -0.139. The highest BCUT2D eigenvalue weighted by Crippen LogP contribution is 2.08. The van der Waals surface area contributed by atoms with Gasteiger partial charge < -0.3 is 4.84 Å². The van der Waals surface area contributed by atoms with Gasteiger partial charge in [0.25, 0.3) is 0 Å². The molecule has 62 valence electrons. The van der Waals surface area contributed by atoms with E-state index in [1.807, 2.05) is 12.1 Å². The summed E-state index contributed by atoms with van der Waals surface area (Å²) in [6, 6.07) is 0.519. The minimum atomic E-state index is 0.519. The molecule has 0 rings (SSSR count). The van der Waals surface area contributed by atoms with Gasteiger partial charge in [-0.25, -0.2) is 0 Å². The largest absolute Gasteiger partial charge is 0.302 e. The fourth-order valence-electron chi connectivity index (χ4n) is 1.01. The molecular weight excluding hydrogens is 126 g/mol. The molecule has 2 nitrogen and oxygen atoms in total. The Morgan fingerprint density at radius 1 is 1.30 bits per heavy atom. The summed E-state index contributed by atoms with van der Waals surface area (Å²) in [5.74, 6) is 0.743. The van der Waals surface area contributed by atoms with Gasteiger partial charge in [-0.3, -0.25) is 0 Å². The van der Waals surface area contributed by atoms with Gasteiger partial charge in [-0.2, -0.15) is 5.06 Å². The van der Waals surface area contributed by atoms with Crippen LogP contribution in [-0.4, -0.2) is 25.3 Å². The summed E-state index contributed by atoms with van der Waals surface area (Å²) >= 11 is 0. The van der Waals surface area contributed by atoms with E-state index in [-0.39, 0.29) is 0 Å². The van der Waals surface area contributed by atoms with E-state index in [0.717, 1.165) is 5.92 Å². The van der Waals surface area contributed by atoms with E-state index >= 15 is 0 Å². The molecule has 0 amide bonds. The van der Waals surface area contributed by atoms with Crippen LogP contribution in [-0.2, 0) is 4.84 Å². The first kappa shape index (κ1) is 9.92. The van der Waals surface area contributed by atoms with Crippen molar-refractivity contribution < 1.29 is 4.84 Å². The minimum absolute atomic E-state index is 0.519. The summed E-state index contributed by atoms with van der Waals surface area (Å²) in [5.41, 5.74) is 0. The number of hydroxylamine groups is 2. The molecule has 0 N–H and O–H groups in total. The number of nitrogens with zero attached hydrogens (tertiary/aromatic N) is 1. The summed E-state index contributed by atoms with van der Waals surface area (Å²) in [7, 11) is 3.67. The highest BCUT2D eigenvalue weighted by Gasteiger charge is 2.09. The molecule has 0 aliphatic carbocycles. The molecule has 0 aromatic carbocycles. The van der Waals surface area contributed by atoms with Crippen molar-refractivity contribution in [2.24, 2.45) is 5.92 Å². The minimum Gasteiger partial charge on any atom is -0.302 e. The smallest absolute Gasteiger partial charge is 0.0575 e. The monoisotopic (exact) mass is 145 g/mol. The predicted octanol–water partition coefficient (Wildman–Crippen LogP) is 1.91. The first-order chi connectivity index (χ1) is 4.57. The topological polar surface area (TPSA) is 12.5 Å². The highest BCUT2D eigenvalue weighted by atomic mass is 16.7. The molecule has 0 bridgehead atoms. The zero-order chi connectivity index (χ0) is 8.15. The zero-order valence-electron chi connectivity index (χ0n) is 7.72. The van der Waals surface area contributed by atoms with Gasteiger partial charge in [0.1, 0.15) is 0 Å². The maximum atomic E-state index is 5.05. The number of hydrogen-bond acceptors (Lipinski definition) is 2. The molecule has 1 unspecified atom stereocenters. The first-order valence-electron chi connectivity index (χ1n) is 3.84. The Kier molecular flexibility index (Phi) is 4.65. The Morgan fingerprint density at radius 2 is 1.80 bits per heavy atom. The van der Waals surface area contributed by atoms with Crippen LogP contribution in [0.4, 0.5) is 0 Å². The second kappa shape index (κ2) is 4.69. The van der Waals surface area contributed by atoms with Crippen LogP contribution in [0.15, 0.2) is 0 Å². The van der Waals surface area contributed by atoms with E-state index in [4.69, 9.17) is 4.84 Å². The lowest BCUT2D eigenvalue weighted by Gasteiger charge is -2.23. The maximum Gasteiger partial charge on any atom is 0.0575 e. The number of rotatable bonds is 4. The molecule has 10 heavy (non-hydrogen) atoms. The third-order valence-corrected chi connectivity index (χ3v) is 1.72. The van der Waals surface area contributed by atoms with Crippen LogP contribution in [0.3, 0.4) is 0 Å². The molecule has 1 atom stereocenters. The van der Waals surface area contributed by atoms with E-state index < -0.39 is 0 Å². The molecule has 0 aromatic rings. The van der Waals surface area contributed by atoms with Crippen LogP contribution in [0, 0.1) is 5.92 Å². The molecule has 0 saturated heterocycles. The molecular formula is C8H19NO. The quantitative estimate of drug-likeness (QED) is 0.560. The van der Waals surface area contributed by atoms with E-state index in [0.29, 0.717) is 6.04 Å². The third kappa shape index (κ3) is 3.85. The summed E-state index contributed by atoms with van der Waals surface area (Å²) < 4.78 is 0. The number of hydrogen-bond donors (Lipinski definition) is 0. The van der Waals surface area contributed by atoms with Gasteiger partial charge in [-0.15, -0.1) is 0 Å². The van der Waals surface area contributed by atoms with Gasteiger partial charge in [0.15, 0.2) is 0 Å². The normalized spacial score (nSPS) is 14.7.